The molecule has 0 bridgehead atoms. The van der Waals surface area contributed by atoms with Gasteiger partial charge in [-0.05, 0) is 60.7 Å². The quantitative estimate of drug-likeness (QED) is 0.664. The Morgan fingerprint density at radius 2 is 2.00 bits per heavy atom. The van der Waals surface area contributed by atoms with Crippen molar-refractivity contribution in [1.29, 1.82) is 0 Å². The lowest BCUT2D eigenvalue weighted by atomic mass is 9.94. The van der Waals surface area contributed by atoms with Gasteiger partial charge in [-0.15, -0.1) is 0 Å². The van der Waals surface area contributed by atoms with Crippen LogP contribution in [0.4, 0.5) is 4.39 Å². The maximum atomic E-state index is 13.4. The number of rotatable bonds is 4. The van der Waals surface area contributed by atoms with Crippen molar-refractivity contribution in [2.75, 3.05) is 0 Å². The summed E-state index contributed by atoms with van der Waals surface area (Å²) in [5, 5.41) is 0.707. The van der Waals surface area contributed by atoms with Gasteiger partial charge in [0.15, 0.2) is 0 Å². The summed E-state index contributed by atoms with van der Waals surface area (Å²) in [5.74, 6) is 5.44. The van der Waals surface area contributed by atoms with E-state index in [0.717, 1.165) is 22.3 Å². The molecule has 0 saturated carbocycles. The Hall–Kier alpha value is -1.42. The highest BCUT2D eigenvalue weighted by molar-refractivity contribution is 6.31. The second-order valence-electron chi connectivity index (χ2n) is 4.95. The van der Waals surface area contributed by atoms with Crippen LogP contribution in [0.15, 0.2) is 36.4 Å². The fraction of sp³-hybridized carbons (Fsp3) is 0.250. The molecule has 0 amide bonds. The van der Waals surface area contributed by atoms with E-state index in [-0.39, 0.29) is 11.9 Å². The first-order valence-electron chi connectivity index (χ1n) is 6.49. The average molecular weight is 293 g/mol. The molecule has 0 aliphatic rings. The van der Waals surface area contributed by atoms with Gasteiger partial charge in [-0.25, -0.2) is 4.39 Å². The second kappa shape index (κ2) is 6.35. The fourth-order valence-corrected chi connectivity index (χ4v) is 2.52. The first kappa shape index (κ1) is 15.0. The van der Waals surface area contributed by atoms with E-state index < -0.39 is 0 Å². The molecule has 106 valence electrons. The summed E-state index contributed by atoms with van der Waals surface area (Å²) < 4.78 is 13.4. The number of nitrogens with one attached hydrogen (secondary N) is 1. The van der Waals surface area contributed by atoms with Crippen molar-refractivity contribution >= 4 is 11.6 Å². The topological polar surface area (TPSA) is 38.0 Å². The molecule has 2 aromatic carbocycles. The fourth-order valence-electron chi connectivity index (χ4n) is 2.34. The smallest absolute Gasteiger partial charge is 0.123 e. The van der Waals surface area contributed by atoms with Gasteiger partial charge in [0.05, 0.1) is 6.04 Å². The predicted octanol–water partition coefficient (Wildman–Crippen LogP) is 3.84. The molecular formula is C16H18ClFN2. The summed E-state index contributed by atoms with van der Waals surface area (Å²) >= 11 is 6.15. The Balaban J connectivity index is 2.34. The Bertz CT molecular complexity index is 613. The lowest BCUT2D eigenvalue weighted by Crippen LogP contribution is -2.30. The molecule has 0 fully saturated rings. The Labute approximate surface area is 123 Å². The van der Waals surface area contributed by atoms with Gasteiger partial charge < -0.3 is 0 Å². The van der Waals surface area contributed by atoms with Crippen LogP contribution in [-0.4, -0.2) is 0 Å². The number of hydrazine groups is 1. The summed E-state index contributed by atoms with van der Waals surface area (Å²) in [5.41, 5.74) is 6.81. The molecule has 20 heavy (non-hydrogen) atoms. The molecule has 0 aliphatic carbocycles. The zero-order valence-corrected chi connectivity index (χ0v) is 12.3. The third-order valence-electron chi connectivity index (χ3n) is 3.62. The van der Waals surface area contributed by atoms with E-state index in [1.165, 1.54) is 6.07 Å². The second-order valence-corrected chi connectivity index (χ2v) is 5.36. The number of hydrogen-bond donors (Lipinski definition) is 2. The molecule has 0 radical (unpaired) electrons. The van der Waals surface area contributed by atoms with Crippen molar-refractivity contribution in [3.05, 3.63) is 69.5 Å². The Kier molecular flexibility index (Phi) is 4.76. The summed E-state index contributed by atoms with van der Waals surface area (Å²) in [4.78, 5) is 0. The van der Waals surface area contributed by atoms with Crippen LogP contribution in [-0.2, 0) is 6.42 Å². The molecule has 0 saturated heterocycles. The summed E-state index contributed by atoms with van der Waals surface area (Å²) in [6.45, 7) is 3.92. The van der Waals surface area contributed by atoms with E-state index in [1.54, 1.807) is 12.1 Å². The van der Waals surface area contributed by atoms with Crippen molar-refractivity contribution in [3.63, 3.8) is 0 Å². The SMILES string of the molecule is Cc1ccc(F)cc1CC(NN)c1cccc(Cl)c1C. The lowest BCUT2D eigenvalue weighted by molar-refractivity contribution is 0.545. The first-order chi connectivity index (χ1) is 9.52. The van der Waals surface area contributed by atoms with Crippen LogP contribution in [0.2, 0.25) is 5.02 Å². The van der Waals surface area contributed by atoms with Gasteiger partial charge in [-0.1, -0.05) is 29.8 Å². The standard InChI is InChI=1S/C16H18ClFN2/c1-10-6-7-13(18)8-12(10)9-16(20-19)14-4-3-5-15(17)11(14)2/h3-8,16,20H,9,19H2,1-2H3. The molecule has 0 aromatic heterocycles. The zero-order chi connectivity index (χ0) is 14.7. The highest BCUT2D eigenvalue weighted by Crippen LogP contribution is 2.27. The van der Waals surface area contributed by atoms with E-state index in [1.807, 2.05) is 32.0 Å². The van der Waals surface area contributed by atoms with Crippen molar-refractivity contribution in [1.82, 2.24) is 5.43 Å². The van der Waals surface area contributed by atoms with E-state index >= 15 is 0 Å². The van der Waals surface area contributed by atoms with E-state index in [9.17, 15) is 4.39 Å². The van der Waals surface area contributed by atoms with Crippen molar-refractivity contribution in [2.45, 2.75) is 26.3 Å². The summed E-state index contributed by atoms with van der Waals surface area (Å²) in [6, 6.07) is 10.4. The van der Waals surface area contributed by atoms with Gasteiger partial charge in [0.2, 0.25) is 0 Å². The van der Waals surface area contributed by atoms with Gasteiger partial charge in [0.25, 0.3) is 0 Å². The largest absolute Gasteiger partial charge is 0.271 e. The molecule has 0 aliphatic heterocycles. The number of halogens is 2. The number of nitrogens with two attached hydrogens (primary N) is 1. The molecule has 2 aromatic rings. The van der Waals surface area contributed by atoms with Crippen LogP contribution in [0.5, 0.6) is 0 Å². The van der Waals surface area contributed by atoms with Crippen LogP contribution < -0.4 is 11.3 Å². The summed E-state index contributed by atoms with van der Waals surface area (Å²) in [6.07, 6.45) is 0.612. The van der Waals surface area contributed by atoms with Crippen LogP contribution in [0, 0.1) is 19.7 Å². The van der Waals surface area contributed by atoms with Crippen LogP contribution in [0.1, 0.15) is 28.3 Å². The normalized spacial score (nSPS) is 12.4. The number of benzene rings is 2. The minimum absolute atomic E-state index is 0.103. The van der Waals surface area contributed by atoms with Gasteiger partial charge in [-0.2, -0.15) is 0 Å². The van der Waals surface area contributed by atoms with Gasteiger partial charge in [-0.3, -0.25) is 11.3 Å². The molecule has 4 heteroatoms. The minimum atomic E-state index is -0.232. The van der Waals surface area contributed by atoms with Gasteiger partial charge >= 0.3 is 0 Å². The predicted molar refractivity (Wildman–Crippen MR) is 81.1 cm³/mol. The monoisotopic (exact) mass is 292 g/mol. The molecular weight excluding hydrogens is 275 g/mol. The number of aryl methyl sites for hydroxylation is 1. The zero-order valence-electron chi connectivity index (χ0n) is 11.6. The maximum absolute atomic E-state index is 13.4. The van der Waals surface area contributed by atoms with E-state index in [0.29, 0.717) is 11.4 Å². The molecule has 3 N–H and O–H groups in total. The summed E-state index contributed by atoms with van der Waals surface area (Å²) in [7, 11) is 0. The van der Waals surface area contributed by atoms with Gasteiger partial charge in [0.1, 0.15) is 5.82 Å². The van der Waals surface area contributed by atoms with Gasteiger partial charge in [0, 0.05) is 5.02 Å². The Morgan fingerprint density at radius 3 is 2.70 bits per heavy atom. The molecule has 1 atom stereocenters. The first-order valence-corrected chi connectivity index (χ1v) is 6.87. The third-order valence-corrected chi connectivity index (χ3v) is 4.03. The molecule has 2 rings (SSSR count). The minimum Gasteiger partial charge on any atom is -0.271 e. The van der Waals surface area contributed by atoms with Crippen LogP contribution in [0.25, 0.3) is 0 Å². The highest BCUT2D eigenvalue weighted by Gasteiger charge is 2.15. The molecule has 0 heterocycles. The highest BCUT2D eigenvalue weighted by atomic mass is 35.5. The van der Waals surface area contributed by atoms with Crippen LogP contribution in [0.3, 0.4) is 0 Å². The van der Waals surface area contributed by atoms with Crippen molar-refractivity contribution < 1.29 is 4.39 Å². The van der Waals surface area contributed by atoms with E-state index in [2.05, 4.69) is 5.43 Å². The molecule has 0 spiro atoms. The average Bonchev–Trinajstić information content (AvgIpc) is 2.43. The lowest BCUT2D eigenvalue weighted by Gasteiger charge is -2.20. The number of hydrogen-bond acceptors (Lipinski definition) is 2. The van der Waals surface area contributed by atoms with Crippen LogP contribution >= 0.6 is 11.6 Å². The third kappa shape index (κ3) is 3.18. The Morgan fingerprint density at radius 1 is 1.25 bits per heavy atom. The van der Waals surface area contributed by atoms with Crippen molar-refractivity contribution in [3.8, 4) is 0 Å². The van der Waals surface area contributed by atoms with E-state index in [4.69, 9.17) is 17.4 Å². The molecule has 2 nitrogen and oxygen atoms in total. The van der Waals surface area contributed by atoms with Crippen molar-refractivity contribution in [2.24, 2.45) is 5.84 Å². The maximum Gasteiger partial charge on any atom is 0.123 e. The molecule has 1 unspecified atom stereocenters.